The summed E-state index contributed by atoms with van der Waals surface area (Å²) < 4.78 is 4.82. The standard InChI is InChI=1S/C13H15N3O2/c1-4-18-13(17)12(15-16-14)8-11-6-9(2)5-10(3)7-11/h5-8H,4H2,1-3H3/b12-8-. The maximum absolute atomic E-state index is 11.6. The van der Waals surface area contributed by atoms with E-state index in [0.717, 1.165) is 16.7 Å². The van der Waals surface area contributed by atoms with Crippen LogP contribution in [0.3, 0.4) is 0 Å². The van der Waals surface area contributed by atoms with Crippen molar-refractivity contribution in [1.29, 1.82) is 0 Å². The van der Waals surface area contributed by atoms with Gasteiger partial charge in [-0.15, -0.1) is 0 Å². The largest absolute Gasteiger partial charge is 0.462 e. The van der Waals surface area contributed by atoms with E-state index < -0.39 is 5.97 Å². The highest BCUT2D eigenvalue weighted by Gasteiger charge is 2.08. The second-order valence-electron chi connectivity index (χ2n) is 3.86. The molecule has 0 bridgehead atoms. The molecule has 0 aliphatic rings. The summed E-state index contributed by atoms with van der Waals surface area (Å²) >= 11 is 0. The lowest BCUT2D eigenvalue weighted by Crippen LogP contribution is -2.05. The molecule has 5 nitrogen and oxygen atoms in total. The Morgan fingerprint density at radius 1 is 1.39 bits per heavy atom. The average molecular weight is 245 g/mol. The molecule has 0 saturated heterocycles. The van der Waals surface area contributed by atoms with Crippen LogP contribution in [0.2, 0.25) is 0 Å². The number of esters is 1. The van der Waals surface area contributed by atoms with E-state index in [1.54, 1.807) is 6.92 Å². The summed E-state index contributed by atoms with van der Waals surface area (Å²) in [4.78, 5) is 14.2. The van der Waals surface area contributed by atoms with Crippen molar-refractivity contribution in [3.8, 4) is 0 Å². The van der Waals surface area contributed by atoms with Crippen LogP contribution < -0.4 is 0 Å². The molecule has 1 aromatic rings. The minimum Gasteiger partial charge on any atom is -0.462 e. The molecule has 0 spiro atoms. The zero-order chi connectivity index (χ0) is 13.5. The molecule has 0 saturated carbocycles. The molecule has 0 fully saturated rings. The molecule has 0 N–H and O–H groups in total. The second-order valence-corrected chi connectivity index (χ2v) is 3.86. The first kappa shape index (κ1) is 13.8. The van der Waals surface area contributed by atoms with Gasteiger partial charge in [-0.3, -0.25) is 0 Å². The third-order valence-electron chi connectivity index (χ3n) is 2.18. The molecule has 0 amide bonds. The van der Waals surface area contributed by atoms with E-state index in [0.29, 0.717) is 0 Å². The minimum absolute atomic E-state index is 0.0376. The lowest BCUT2D eigenvalue weighted by atomic mass is 10.1. The Morgan fingerprint density at radius 2 is 2.00 bits per heavy atom. The fourth-order valence-corrected chi connectivity index (χ4v) is 1.63. The zero-order valence-corrected chi connectivity index (χ0v) is 10.7. The van der Waals surface area contributed by atoms with Crippen LogP contribution >= 0.6 is 0 Å². The van der Waals surface area contributed by atoms with Gasteiger partial charge in [-0.1, -0.05) is 34.4 Å². The number of benzene rings is 1. The zero-order valence-electron chi connectivity index (χ0n) is 10.7. The molecule has 1 rings (SSSR count). The number of carbonyl (C=O) groups is 1. The third-order valence-corrected chi connectivity index (χ3v) is 2.18. The smallest absolute Gasteiger partial charge is 0.340 e. The van der Waals surface area contributed by atoms with Crippen LogP contribution in [0, 0.1) is 13.8 Å². The van der Waals surface area contributed by atoms with Crippen LogP contribution in [0.1, 0.15) is 23.6 Å². The summed E-state index contributed by atoms with van der Waals surface area (Å²) in [6, 6.07) is 5.83. The summed E-state index contributed by atoms with van der Waals surface area (Å²) in [5.74, 6) is -0.616. The van der Waals surface area contributed by atoms with Crippen molar-refractivity contribution in [2.75, 3.05) is 6.61 Å². The van der Waals surface area contributed by atoms with Gasteiger partial charge in [-0.05, 0) is 37.9 Å². The van der Waals surface area contributed by atoms with Gasteiger partial charge in [0.1, 0.15) is 5.70 Å². The Kier molecular flexibility index (Phi) is 4.96. The molecule has 18 heavy (non-hydrogen) atoms. The fraction of sp³-hybridized carbons (Fsp3) is 0.308. The lowest BCUT2D eigenvalue weighted by Gasteiger charge is -2.03. The highest BCUT2D eigenvalue weighted by molar-refractivity contribution is 5.93. The number of ether oxygens (including phenoxy) is 1. The Morgan fingerprint density at radius 3 is 2.50 bits per heavy atom. The van der Waals surface area contributed by atoms with E-state index in [4.69, 9.17) is 10.3 Å². The Balaban J connectivity index is 3.15. The van der Waals surface area contributed by atoms with E-state index in [9.17, 15) is 4.79 Å². The number of aryl methyl sites for hydroxylation is 2. The first-order valence-electron chi connectivity index (χ1n) is 5.59. The number of azide groups is 1. The molecular weight excluding hydrogens is 230 g/mol. The van der Waals surface area contributed by atoms with Crippen molar-refractivity contribution in [3.05, 3.63) is 51.0 Å². The van der Waals surface area contributed by atoms with Gasteiger partial charge >= 0.3 is 5.97 Å². The topological polar surface area (TPSA) is 75.1 Å². The fourth-order valence-electron chi connectivity index (χ4n) is 1.63. The van der Waals surface area contributed by atoms with Crippen LogP contribution in [0.15, 0.2) is 29.0 Å². The molecule has 0 radical (unpaired) electrons. The Labute approximate surface area is 106 Å². The van der Waals surface area contributed by atoms with Crippen LogP contribution in [-0.4, -0.2) is 12.6 Å². The molecule has 0 aromatic heterocycles. The van der Waals surface area contributed by atoms with Gasteiger partial charge in [0.25, 0.3) is 0 Å². The molecule has 0 atom stereocenters. The lowest BCUT2D eigenvalue weighted by molar-refractivity contribution is -0.138. The van der Waals surface area contributed by atoms with Crippen molar-refractivity contribution >= 4 is 12.0 Å². The number of hydrogen-bond acceptors (Lipinski definition) is 3. The van der Waals surface area contributed by atoms with Gasteiger partial charge in [-0.25, -0.2) is 4.79 Å². The number of rotatable bonds is 4. The SMILES string of the molecule is CCOC(=O)/C(=C/c1cc(C)cc(C)c1)N=[N+]=[N-]. The maximum Gasteiger partial charge on any atom is 0.340 e. The van der Waals surface area contributed by atoms with Gasteiger partial charge in [0, 0.05) is 4.91 Å². The van der Waals surface area contributed by atoms with Crippen LogP contribution in [0.4, 0.5) is 0 Å². The van der Waals surface area contributed by atoms with E-state index in [1.165, 1.54) is 6.08 Å². The summed E-state index contributed by atoms with van der Waals surface area (Å²) in [7, 11) is 0. The minimum atomic E-state index is -0.616. The molecule has 0 unspecified atom stereocenters. The number of nitrogens with zero attached hydrogens (tertiary/aromatic N) is 3. The molecule has 0 aliphatic carbocycles. The van der Waals surface area contributed by atoms with Crippen LogP contribution in [0.25, 0.3) is 16.5 Å². The second kappa shape index (κ2) is 6.47. The predicted octanol–water partition coefficient (Wildman–Crippen LogP) is 3.52. The predicted molar refractivity (Wildman–Crippen MR) is 69.7 cm³/mol. The molecule has 0 heterocycles. The van der Waals surface area contributed by atoms with Gasteiger partial charge in [0.2, 0.25) is 0 Å². The van der Waals surface area contributed by atoms with Crippen LogP contribution in [-0.2, 0) is 9.53 Å². The van der Waals surface area contributed by atoms with Crippen LogP contribution in [0.5, 0.6) is 0 Å². The van der Waals surface area contributed by atoms with Crippen molar-refractivity contribution in [1.82, 2.24) is 0 Å². The summed E-state index contributed by atoms with van der Waals surface area (Å²) in [6.07, 6.45) is 1.53. The quantitative estimate of drug-likeness (QED) is 0.267. The van der Waals surface area contributed by atoms with Crippen molar-refractivity contribution in [2.45, 2.75) is 20.8 Å². The Hall–Kier alpha value is -2.26. The highest BCUT2D eigenvalue weighted by atomic mass is 16.5. The van der Waals surface area contributed by atoms with E-state index in [2.05, 4.69) is 10.0 Å². The summed E-state index contributed by atoms with van der Waals surface area (Å²) in [6.45, 7) is 5.86. The first-order valence-corrected chi connectivity index (χ1v) is 5.59. The molecule has 94 valence electrons. The van der Waals surface area contributed by atoms with Gasteiger partial charge in [-0.2, -0.15) is 0 Å². The van der Waals surface area contributed by atoms with Crippen molar-refractivity contribution in [2.24, 2.45) is 5.11 Å². The highest BCUT2D eigenvalue weighted by Crippen LogP contribution is 2.14. The normalized spacial score (nSPS) is 10.7. The van der Waals surface area contributed by atoms with E-state index >= 15 is 0 Å². The summed E-state index contributed by atoms with van der Waals surface area (Å²) in [5, 5.41) is 3.36. The van der Waals surface area contributed by atoms with E-state index in [1.807, 2.05) is 32.0 Å². The number of hydrogen-bond donors (Lipinski definition) is 0. The Bertz CT molecular complexity index is 509. The molecule has 0 aliphatic heterocycles. The third kappa shape index (κ3) is 3.96. The monoisotopic (exact) mass is 245 g/mol. The van der Waals surface area contributed by atoms with Gasteiger partial charge in [0.15, 0.2) is 0 Å². The number of carbonyl (C=O) groups excluding carboxylic acids is 1. The maximum atomic E-state index is 11.6. The molecular formula is C13H15N3O2. The summed E-state index contributed by atoms with van der Waals surface area (Å²) in [5.41, 5.74) is 11.4. The van der Waals surface area contributed by atoms with Gasteiger partial charge in [0.05, 0.1) is 6.61 Å². The molecule has 5 heteroatoms. The first-order chi connectivity index (χ1) is 8.56. The average Bonchev–Trinajstić information content (AvgIpc) is 2.27. The van der Waals surface area contributed by atoms with Gasteiger partial charge < -0.3 is 4.74 Å². The van der Waals surface area contributed by atoms with Crippen molar-refractivity contribution < 1.29 is 9.53 Å². The van der Waals surface area contributed by atoms with E-state index in [-0.39, 0.29) is 12.3 Å². The van der Waals surface area contributed by atoms with Crippen molar-refractivity contribution in [3.63, 3.8) is 0 Å². The molecule has 1 aromatic carbocycles.